The molecular weight excluding hydrogens is 578 g/mol. The second-order valence-electron chi connectivity index (χ2n) is 11.1. The van der Waals surface area contributed by atoms with Gasteiger partial charge in [-0.15, -0.1) is 12.4 Å². The highest BCUT2D eigenvalue weighted by Gasteiger charge is 2.54. The molecule has 1 aliphatic carbocycles. The van der Waals surface area contributed by atoms with Crippen LogP contribution < -0.4 is 14.4 Å². The monoisotopic (exact) mass is 611 g/mol. The van der Waals surface area contributed by atoms with Gasteiger partial charge < -0.3 is 14.5 Å². The molecule has 1 aliphatic heterocycles. The topological polar surface area (TPSA) is 123 Å². The van der Waals surface area contributed by atoms with Crippen LogP contribution in [0.4, 0.5) is 11.4 Å². The van der Waals surface area contributed by atoms with Crippen molar-refractivity contribution in [1.29, 1.82) is 0 Å². The minimum absolute atomic E-state index is 0. The molecule has 1 amide bonds. The number of anilines is 2. The molecule has 0 bridgehead atoms. The van der Waals surface area contributed by atoms with E-state index in [1.165, 1.54) is 17.1 Å². The number of amides is 1. The first-order valence-electron chi connectivity index (χ1n) is 13.6. The van der Waals surface area contributed by atoms with Crippen LogP contribution in [0.15, 0.2) is 53.9 Å². The summed E-state index contributed by atoms with van der Waals surface area (Å²) in [6.45, 7) is 1.20. The summed E-state index contributed by atoms with van der Waals surface area (Å²) in [5.74, 6) is 0.326. The lowest BCUT2D eigenvalue weighted by atomic mass is 9.64. The third-order valence-electron chi connectivity index (χ3n) is 8.02. The van der Waals surface area contributed by atoms with Crippen molar-refractivity contribution < 1.29 is 17.9 Å². The lowest BCUT2D eigenvalue weighted by Crippen LogP contribution is -2.43. The number of sulfonamides is 1. The normalized spacial score (nSPS) is 15.5. The second-order valence-corrected chi connectivity index (χ2v) is 12.8. The average Bonchev–Trinajstić information content (AvgIpc) is 3.46. The third-order valence-corrected chi connectivity index (χ3v) is 9.34. The van der Waals surface area contributed by atoms with Crippen molar-refractivity contribution in [2.24, 2.45) is 7.05 Å². The number of nitrogens with one attached hydrogen (secondary N) is 1. The van der Waals surface area contributed by atoms with E-state index in [-0.39, 0.29) is 34.8 Å². The Morgan fingerprint density at radius 3 is 2.52 bits per heavy atom. The Kier molecular flexibility index (Phi) is 7.90. The lowest BCUT2D eigenvalue weighted by Gasteiger charge is -2.37. The molecule has 1 spiro atoms. The number of pyridine rings is 2. The van der Waals surface area contributed by atoms with Crippen LogP contribution in [0.2, 0.25) is 0 Å². The second kappa shape index (κ2) is 11.2. The Morgan fingerprint density at radius 1 is 1.07 bits per heavy atom. The van der Waals surface area contributed by atoms with Crippen molar-refractivity contribution >= 4 is 50.6 Å². The van der Waals surface area contributed by atoms with Crippen LogP contribution in [0, 0.1) is 0 Å². The first-order valence-corrected chi connectivity index (χ1v) is 15.1. The highest BCUT2D eigenvalue weighted by Crippen LogP contribution is 2.55. The predicted molar refractivity (Wildman–Crippen MR) is 164 cm³/mol. The van der Waals surface area contributed by atoms with E-state index in [1.807, 2.05) is 39.3 Å². The summed E-state index contributed by atoms with van der Waals surface area (Å²) in [6, 6.07) is 7.63. The van der Waals surface area contributed by atoms with Gasteiger partial charge in [-0.25, -0.2) is 13.4 Å². The molecule has 1 saturated carbocycles. The Morgan fingerprint density at radius 2 is 1.86 bits per heavy atom. The SMILES string of the molecule is CN(C)CCCOc1ncc(-c2ccc3ncc4c(c3c2)C2(CCC2)C(=O)N4C)cc1NS(=O)(=O)c1cnn(C)c1.Cl. The minimum Gasteiger partial charge on any atom is -0.476 e. The number of hydrogen-bond donors (Lipinski definition) is 1. The number of aromatic nitrogens is 4. The van der Waals surface area contributed by atoms with Gasteiger partial charge in [0.25, 0.3) is 10.0 Å². The fourth-order valence-electron chi connectivity index (χ4n) is 5.74. The van der Waals surface area contributed by atoms with Crippen LogP contribution >= 0.6 is 12.4 Å². The fraction of sp³-hybridized carbons (Fsp3) is 0.379. The molecule has 0 saturated heterocycles. The standard InChI is InChI=1S/C29H33N7O4S.ClH/c1-34(2)11-6-12-40-27-24(33-41(38,39)21-16-32-35(3)18-21)14-20(15-31-27)19-7-8-23-22(13-19)26-25(17-30-23)36(4)28(37)29(26)9-5-10-29;/h7-8,13-18,33H,5-6,9-12H2,1-4H3;1H. The number of aryl methyl sites for hydroxylation is 1. The molecule has 0 radical (unpaired) electrons. The minimum atomic E-state index is -3.94. The number of benzene rings is 1. The van der Waals surface area contributed by atoms with Crippen molar-refractivity contribution in [2.45, 2.75) is 36.0 Å². The van der Waals surface area contributed by atoms with Gasteiger partial charge in [-0.1, -0.05) is 12.5 Å². The molecule has 4 heterocycles. The van der Waals surface area contributed by atoms with Crippen LogP contribution in [-0.4, -0.2) is 73.3 Å². The molecule has 42 heavy (non-hydrogen) atoms. The summed E-state index contributed by atoms with van der Waals surface area (Å²) in [4.78, 5) is 26.2. The van der Waals surface area contributed by atoms with Gasteiger partial charge in [0.15, 0.2) is 0 Å². The molecule has 11 nitrogen and oxygen atoms in total. The zero-order valence-electron chi connectivity index (χ0n) is 24.0. The molecule has 6 rings (SSSR count). The van der Waals surface area contributed by atoms with Gasteiger partial charge >= 0.3 is 0 Å². The van der Waals surface area contributed by atoms with Crippen LogP contribution in [0.5, 0.6) is 5.88 Å². The molecule has 0 unspecified atom stereocenters. The first-order chi connectivity index (χ1) is 19.6. The molecule has 13 heteroatoms. The molecule has 1 N–H and O–H groups in total. The molecule has 0 atom stereocenters. The van der Waals surface area contributed by atoms with Gasteiger partial charge in [-0.2, -0.15) is 5.10 Å². The summed E-state index contributed by atoms with van der Waals surface area (Å²) in [7, 11) is 3.50. The molecule has 3 aromatic heterocycles. The average molecular weight is 612 g/mol. The van der Waals surface area contributed by atoms with Crippen LogP contribution in [0.25, 0.3) is 22.0 Å². The first kappa shape index (κ1) is 29.7. The number of likely N-dealkylation sites (N-methyl/N-ethyl adjacent to an activating group) is 1. The van der Waals surface area contributed by atoms with Crippen molar-refractivity contribution in [3.8, 4) is 17.0 Å². The summed E-state index contributed by atoms with van der Waals surface area (Å²) in [6.07, 6.45) is 9.62. The van der Waals surface area contributed by atoms with E-state index in [1.54, 1.807) is 30.4 Å². The number of halogens is 1. The zero-order chi connectivity index (χ0) is 28.9. The van der Waals surface area contributed by atoms with E-state index < -0.39 is 15.4 Å². The van der Waals surface area contributed by atoms with E-state index in [0.29, 0.717) is 12.2 Å². The van der Waals surface area contributed by atoms with Crippen LogP contribution in [0.1, 0.15) is 31.2 Å². The predicted octanol–water partition coefficient (Wildman–Crippen LogP) is 3.98. The number of hydrogen-bond acceptors (Lipinski definition) is 8. The van der Waals surface area contributed by atoms with Crippen molar-refractivity contribution in [2.75, 3.05) is 43.9 Å². The fourth-order valence-corrected chi connectivity index (χ4v) is 6.77. The summed E-state index contributed by atoms with van der Waals surface area (Å²) < 4.78 is 36.4. The third kappa shape index (κ3) is 5.07. The lowest BCUT2D eigenvalue weighted by molar-refractivity contribution is -0.125. The van der Waals surface area contributed by atoms with Gasteiger partial charge in [0.05, 0.1) is 35.6 Å². The maximum atomic E-state index is 13.2. The maximum Gasteiger partial charge on any atom is 0.265 e. The molecule has 1 fully saturated rings. The van der Waals surface area contributed by atoms with E-state index in [9.17, 15) is 13.2 Å². The summed E-state index contributed by atoms with van der Waals surface area (Å²) >= 11 is 0. The highest BCUT2D eigenvalue weighted by atomic mass is 35.5. The van der Waals surface area contributed by atoms with Crippen molar-refractivity contribution in [1.82, 2.24) is 24.6 Å². The van der Waals surface area contributed by atoms with E-state index in [2.05, 4.69) is 24.7 Å². The quantitative estimate of drug-likeness (QED) is 0.282. The van der Waals surface area contributed by atoms with Crippen molar-refractivity contribution in [3.63, 3.8) is 0 Å². The molecule has 222 valence electrons. The van der Waals surface area contributed by atoms with E-state index >= 15 is 0 Å². The van der Waals surface area contributed by atoms with Gasteiger partial charge in [-0.05, 0) is 57.1 Å². The van der Waals surface area contributed by atoms with Gasteiger partial charge in [0, 0.05) is 49.5 Å². The number of carbonyl (C=O) groups is 1. The summed E-state index contributed by atoms with van der Waals surface area (Å²) in [5.41, 5.74) is 3.98. The van der Waals surface area contributed by atoms with Gasteiger partial charge in [0.1, 0.15) is 10.6 Å². The Balaban J connectivity index is 0.00000353. The number of nitrogens with zero attached hydrogens (tertiary/aromatic N) is 6. The number of carbonyl (C=O) groups excluding carboxylic acids is 1. The number of ether oxygens (including phenoxy) is 1. The Bertz CT molecular complexity index is 1770. The Hall–Kier alpha value is -3.74. The van der Waals surface area contributed by atoms with E-state index in [0.717, 1.165) is 59.9 Å². The Labute approximate surface area is 251 Å². The summed E-state index contributed by atoms with van der Waals surface area (Å²) in [5, 5.41) is 4.92. The van der Waals surface area contributed by atoms with Gasteiger partial charge in [0.2, 0.25) is 11.8 Å². The largest absolute Gasteiger partial charge is 0.476 e. The zero-order valence-corrected chi connectivity index (χ0v) is 25.6. The molecule has 2 aliphatic rings. The number of fused-ring (bicyclic) bond motifs is 4. The molecule has 1 aromatic carbocycles. The van der Waals surface area contributed by atoms with Gasteiger partial charge in [-0.3, -0.25) is 19.2 Å². The van der Waals surface area contributed by atoms with Crippen LogP contribution in [0.3, 0.4) is 0 Å². The van der Waals surface area contributed by atoms with E-state index in [4.69, 9.17) is 4.74 Å². The molecular formula is C29H34ClN7O4S. The highest BCUT2D eigenvalue weighted by molar-refractivity contribution is 7.92. The maximum absolute atomic E-state index is 13.2. The van der Waals surface area contributed by atoms with Crippen LogP contribution in [-0.2, 0) is 27.3 Å². The van der Waals surface area contributed by atoms with Crippen molar-refractivity contribution in [3.05, 3.63) is 54.6 Å². The molecule has 4 aromatic rings. The number of rotatable bonds is 9. The smallest absolute Gasteiger partial charge is 0.265 e.